The highest BCUT2D eigenvalue weighted by Gasteiger charge is 2.43. The predicted molar refractivity (Wildman–Crippen MR) is 113 cm³/mol. The van der Waals surface area contributed by atoms with Crippen LogP contribution in [0.3, 0.4) is 0 Å². The van der Waals surface area contributed by atoms with E-state index in [0.29, 0.717) is 5.02 Å². The normalized spacial score (nSPS) is 21.0. The minimum atomic E-state index is -1.30. The van der Waals surface area contributed by atoms with E-state index < -0.39 is 54.1 Å². The molecule has 2 aliphatic rings. The molecular formula is C21H21ClN4O7. The maximum absolute atomic E-state index is 13.3. The number of halogens is 1. The van der Waals surface area contributed by atoms with E-state index in [2.05, 4.69) is 10.6 Å². The van der Waals surface area contributed by atoms with Crippen molar-refractivity contribution in [2.45, 2.75) is 43.8 Å². The van der Waals surface area contributed by atoms with Crippen LogP contribution in [-0.2, 0) is 24.0 Å². The lowest BCUT2D eigenvalue weighted by Crippen LogP contribution is -2.62. The number of fused-ring (bicyclic) bond motifs is 1. The number of hydrazine groups is 1. The van der Waals surface area contributed by atoms with E-state index in [1.165, 1.54) is 24.4 Å². The van der Waals surface area contributed by atoms with E-state index in [0.717, 1.165) is 10.0 Å². The van der Waals surface area contributed by atoms with Crippen molar-refractivity contribution in [1.29, 1.82) is 0 Å². The van der Waals surface area contributed by atoms with Crippen molar-refractivity contribution in [3.05, 3.63) is 47.1 Å². The summed E-state index contributed by atoms with van der Waals surface area (Å²) in [6.07, 6.45) is 2.49. The standard InChI is InChI=1S/C21H21ClN4O7/c22-13-4-1-3-12(9-13)19(31)24-15-6-7-17(28)25-8-2-5-16(26(25)21(15)33)20(32)23-14(11-27)10-18(29)30/h1-4,8-9,11,14-16H,5-7,10H2,(H,23,32)(H,24,31)(H,29,30)/t14-,15-,16-/m0/s1. The van der Waals surface area contributed by atoms with Crippen LogP contribution in [0.1, 0.15) is 36.0 Å². The first kappa shape index (κ1) is 23.9. The molecule has 1 aromatic rings. The van der Waals surface area contributed by atoms with E-state index in [-0.39, 0.29) is 31.1 Å². The fraction of sp³-hybridized carbons (Fsp3) is 0.333. The van der Waals surface area contributed by atoms with E-state index >= 15 is 0 Å². The number of aldehydes is 1. The van der Waals surface area contributed by atoms with Crippen molar-refractivity contribution >= 4 is 47.5 Å². The SMILES string of the molecule is O=C[C@H](CC(=O)O)NC(=O)[C@@H]1CC=CN2C(=O)CC[C@H](NC(=O)c3cccc(Cl)c3)C(=O)N12. The molecule has 174 valence electrons. The second-order valence-electron chi connectivity index (χ2n) is 7.48. The highest BCUT2D eigenvalue weighted by Crippen LogP contribution is 2.24. The molecule has 0 aromatic heterocycles. The molecule has 0 bridgehead atoms. The summed E-state index contributed by atoms with van der Waals surface area (Å²) in [5, 5.41) is 16.0. The van der Waals surface area contributed by atoms with Crippen molar-refractivity contribution in [2.75, 3.05) is 0 Å². The third-order valence-electron chi connectivity index (χ3n) is 5.14. The third kappa shape index (κ3) is 5.55. The monoisotopic (exact) mass is 476 g/mol. The van der Waals surface area contributed by atoms with Crippen molar-refractivity contribution < 1.29 is 33.9 Å². The molecule has 0 saturated carbocycles. The average Bonchev–Trinajstić information content (AvgIpc) is 2.90. The van der Waals surface area contributed by atoms with Gasteiger partial charge < -0.3 is 20.5 Å². The Balaban J connectivity index is 1.82. The van der Waals surface area contributed by atoms with Crippen molar-refractivity contribution in [1.82, 2.24) is 20.7 Å². The molecule has 3 rings (SSSR count). The van der Waals surface area contributed by atoms with Gasteiger partial charge in [0.2, 0.25) is 11.8 Å². The fourth-order valence-corrected chi connectivity index (χ4v) is 3.75. The van der Waals surface area contributed by atoms with Gasteiger partial charge in [-0.3, -0.25) is 24.0 Å². The number of carbonyl (C=O) groups is 6. The quantitative estimate of drug-likeness (QED) is 0.476. The van der Waals surface area contributed by atoms with Crippen LogP contribution in [0.25, 0.3) is 0 Å². The number of benzene rings is 1. The van der Waals surface area contributed by atoms with Gasteiger partial charge in [0.1, 0.15) is 18.4 Å². The Morgan fingerprint density at radius 1 is 1.27 bits per heavy atom. The van der Waals surface area contributed by atoms with Crippen LogP contribution < -0.4 is 10.6 Å². The molecule has 0 spiro atoms. The van der Waals surface area contributed by atoms with Gasteiger partial charge in [0, 0.05) is 23.2 Å². The molecule has 2 heterocycles. The number of carboxylic acids is 1. The van der Waals surface area contributed by atoms with Gasteiger partial charge >= 0.3 is 5.97 Å². The van der Waals surface area contributed by atoms with E-state index in [9.17, 15) is 28.8 Å². The summed E-state index contributed by atoms with van der Waals surface area (Å²) >= 11 is 5.92. The predicted octanol–water partition coefficient (Wildman–Crippen LogP) is 0.249. The first-order chi connectivity index (χ1) is 15.7. The molecular weight excluding hydrogens is 456 g/mol. The molecule has 0 aliphatic carbocycles. The van der Waals surface area contributed by atoms with E-state index in [1.807, 2.05) is 0 Å². The van der Waals surface area contributed by atoms with Crippen LogP contribution in [0, 0.1) is 0 Å². The highest BCUT2D eigenvalue weighted by molar-refractivity contribution is 6.31. The smallest absolute Gasteiger partial charge is 0.305 e. The number of nitrogens with zero attached hydrogens (tertiary/aromatic N) is 2. The summed E-state index contributed by atoms with van der Waals surface area (Å²) in [5.41, 5.74) is 0.220. The Hall–Kier alpha value is -3.73. The molecule has 11 nitrogen and oxygen atoms in total. The van der Waals surface area contributed by atoms with E-state index in [4.69, 9.17) is 16.7 Å². The Labute approximate surface area is 193 Å². The van der Waals surface area contributed by atoms with Crippen LogP contribution >= 0.6 is 11.6 Å². The molecule has 3 atom stereocenters. The molecule has 12 heteroatoms. The first-order valence-electron chi connectivity index (χ1n) is 10.1. The van der Waals surface area contributed by atoms with Gasteiger partial charge in [-0.25, -0.2) is 10.0 Å². The number of rotatable bonds is 7. The second kappa shape index (κ2) is 10.3. The van der Waals surface area contributed by atoms with Crippen LogP contribution in [-0.4, -0.2) is 69.1 Å². The zero-order chi connectivity index (χ0) is 24.1. The van der Waals surface area contributed by atoms with Crippen LogP contribution in [0.4, 0.5) is 0 Å². The van der Waals surface area contributed by atoms with Crippen molar-refractivity contribution in [2.24, 2.45) is 0 Å². The van der Waals surface area contributed by atoms with Gasteiger partial charge in [0.05, 0.1) is 12.5 Å². The molecule has 33 heavy (non-hydrogen) atoms. The largest absolute Gasteiger partial charge is 0.481 e. The summed E-state index contributed by atoms with van der Waals surface area (Å²) in [6, 6.07) is 2.49. The second-order valence-corrected chi connectivity index (χ2v) is 7.92. The molecule has 1 saturated heterocycles. The topological polar surface area (TPSA) is 153 Å². The Morgan fingerprint density at radius 2 is 2.03 bits per heavy atom. The summed E-state index contributed by atoms with van der Waals surface area (Å²) in [6.45, 7) is 0. The molecule has 2 aliphatic heterocycles. The highest BCUT2D eigenvalue weighted by atomic mass is 35.5. The molecule has 1 fully saturated rings. The van der Waals surface area contributed by atoms with Gasteiger partial charge in [-0.05, 0) is 31.0 Å². The van der Waals surface area contributed by atoms with Gasteiger partial charge in [-0.2, -0.15) is 0 Å². The summed E-state index contributed by atoms with van der Waals surface area (Å²) in [5.74, 6) is -3.82. The number of aliphatic carboxylic acids is 1. The lowest BCUT2D eigenvalue weighted by atomic mass is 10.1. The molecule has 1 aromatic carbocycles. The number of nitrogens with one attached hydrogen (secondary N) is 2. The average molecular weight is 477 g/mol. The first-order valence-corrected chi connectivity index (χ1v) is 10.4. The maximum atomic E-state index is 13.3. The molecule has 4 amide bonds. The van der Waals surface area contributed by atoms with Gasteiger partial charge in [0.25, 0.3) is 11.8 Å². The van der Waals surface area contributed by atoms with Crippen molar-refractivity contribution in [3.8, 4) is 0 Å². The Kier molecular flexibility index (Phi) is 7.44. The fourth-order valence-electron chi connectivity index (χ4n) is 3.56. The van der Waals surface area contributed by atoms with Crippen LogP contribution in [0.15, 0.2) is 36.5 Å². The van der Waals surface area contributed by atoms with Gasteiger partial charge in [0.15, 0.2) is 0 Å². The summed E-state index contributed by atoms with van der Waals surface area (Å²) in [7, 11) is 0. The maximum Gasteiger partial charge on any atom is 0.305 e. The number of amides is 4. The number of hydrogen-bond donors (Lipinski definition) is 3. The molecule has 0 radical (unpaired) electrons. The Morgan fingerprint density at radius 3 is 2.70 bits per heavy atom. The number of carbonyl (C=O) groups excluding carboxylic acids is 5. The summed E-state index contributed by atoms with van der Waals surface area (Å²) < 4.78 is 0. The molecule has 0 unspecified atom stereocenters. The van der Waals surface area contributed by atoms with Gasteiger partial charge in [-0.1, -0.05) is 23.7 Å². The number of hydrogen-bond acceptors (Lipinski definition) is 6. The van der Waals surface area contributed by atoms with Crippen LogP contribution in [0.5, 0.6) is 0 Å². The Bertz CT molecular complexity index is 1030. The van der Waals surface area contributed by atoms with Crippen molar-refractivity contribution in [3.63, 3.8) is 0 Å². The lowest BCUT2D eigenvalue weighted by molar-refractivity contribution is -0.166. The third-order valence-corrected chi connectivity index (χ3v) is 5.38. The minimum absolute atomic E-state index is 0.00906. The lowest BCUT2D eigenvalue weighted by Gasteiger charge is -2.39. The minimum Gasteiger partial charge on any atom is -0.481 e. The van der Waals surface area contributed by atoms with Crippen LogP contribution in [0.2, 0.25) is 5.02 Å². The van der Waals surface area contributed by atoms with Gasteiger partial charge in [-0.15, -0.1) is 0 Å². The zero-order valence-corrected chi connectivity index (χ0v) is 18.0. The zero-order valence-electron chi connectivity index (χ0n) is 17.3. The number of carboxylic acid groups (broad SMARTS) is 1. The molecule has 3 N–H and O–H groups in total. The van der Waals surface area contributed by atoms with E-state index in [1.54, 1.807) is 12.1 Å². The summed E-state index contributed by atoms with van der Waals surface area (Å²) in [4.78, 5) is 73.4.